The lowest BCUT2D eigenvalue weighted by Gasteiger charge is -2.07. The molecule has 1 aromatic carbocycles. The molecule has 0 saturated carbocycles. The van der Waals surface area contributed by atoms with Gasteiger partial charge in [-0.1, -0.05) is 61.6 Å². The number of benzene rings is 1. The van der Waals surface area contributed by atoms with Gasteiger partial charge in [0.25, 0.3) is 0 Å². The van der Waals surface area contributed by atoms with Gasteiger partial charge in [0.05, 0.1) is 18.6 Å². The van der Waals surface area contributed by atoms with E-state index in [1.165, 1.54) is 5.56 Å². The van der Waals surface area contributed by atoms with Gasteiger partial charge in [0.15, 0.2) is 0 Å². The minimum Gasteiger partial charge on any atom is -0.472 e. The lowest BCUT2D eigenvalue weighted by molar-refractivity contribution is 0.567. The summed E-state index contributed by atoms with van der Waals surface area (Å²) in [4.78, 5) is 4.55. The molecule has 2 heteroatoms. The van der Waals surface area contributed by atoms with Crippen molar-refractivity contribution in [3.05, 3.63) is 84.4 Å². The van der Waals surface area contributed by atoms with Gasteiger partial charge in [-0.05, 0) is 31.9 Å². The molecule has 1 unspecified atom stereocenters. The van der Waals surface area contributed by atoms with Gasteiger partial charge in [-0.25, -0.2) is 0 Å². The highest BCUT2D eigenvalue weighted by Gasteiger charge is 2.03. The molecule has 1 atom stereocenters. The van der Waals surface area contributed by atoms with Gasteiger partial charge in [0.1, 0.15) is 0 Å². The Hall–Kier alpha value is -2.35. The van der Waals surface area contributed by atoms with E-state index in [-0.39, 0.29) is 6.04 Å². The highest BCUT2D eigenvalue weighted by molar-refractivity contribution is 5.79. The quantitative estimate of drug-likeness (QED) is 0.491. The Balaban J connectivity index is 0.000000422. The first-order valence-electron chi connectivity index (χ1n) is 7.66. The molecule has 0 N–H and O–H groups in total. The Kier molecular flexibility index (Phi) is 9.11. The van der Waals surface area contributed by atoms with Gasteiger partial charge in [-0.3, -0.25) is 4.99 Å². The van der Waals surface area contributed by atoms with Crippen LogP contribution in [0.1, 0.15) is 44.4 Å². The molecular weight excluding hydrogens is 270 g/mol. The Morgan fingerprint density at radius 3 is 2.36 bits per heavy atom. The van der Waals surface area contributed by atoms with Crippen molar-refractivity contribution in [2.75, 3.05) is 0 Å². The summed E-state index contributed by atoms with van der Waals surface area (Å²) >= 11 is 0. The molecule has 2 nitrogen and oxygen atoms in total. The Labute approximate surface area is 133 Å². The first kappa shape index (κ1) is 17.7. The Bertz CT molecular complexity index is 565. The lowest BCUT2D eigenvalue weighted by Crippen LogP contribution is -1.92. The van der Waals surface area contributed by atoms with Crippen LogP contribution < -0.4 is 0 Å². The molecule has 2 rings (SSSR count). The maximum absolute atomic E-state index is 5.00. The first-order valence-corrected chi connectivity index (χ1v) is 7.66. The average Bonchev–Trinajstić information content (AvgIpc) is 3.07. The van der Waals surface area contributed by atoms with Gasteiger partial charge < -0.3 is 4.42 Å². The zero-order chi connectivity index (χ0) is 16.0. The van der Waals surface area contributed by atoms with Crippen LogP contribution >= 0.6 is 0 Å². The maximum atomic E-state index is 5.00. The maximum Gasteiger partial charge on any atom is 0.0990 e. The predicted octanol–water partition coefficient (Wildman–Crippen LogP) is 5.99. The summed E-state index contributed by atoms with van der Waals surface area (Å²) in [7, 11) is 0. The van der Waals surface area contributed by atoms with E-state index in [1.807, 2.05) is 50.4 Å². The van der Waals surface area contributed by atoms with Crippen molar-refractivity contribution < 1.29 is 4.42 Å². The van der Waals surface area contributed by atoms with Crippen molar-refractivity contribution in [3.63, 3.8) is 0 Å². The smallest absolute Gasteiger partial charge is 0.0990 e. The van der Waals surface area contributed by atoms with Crippen LogP contribution in [0.4, 0.5) is 0 Å². The number of allylic oxidation sites excluding steroid dienone is 3. The van der Waals surface area contributed by atoms with Crippen molar-refractivity contribution >= 4 is 6.21 Å². The van der Waals surface area contributed by atoms with Crippen LogP contribution in [0.5, 0.6) is 0 Å². The van der Waals surface area contributed by atoms with Crippen LogP contribution in [0.15, 0.2) is 82.6 Å². The fraction of sp³-hybridized carbons (Fsp3) is 0.250. The van der Waals surface area contributed by atoms with E-state index in [0.29, 0.717) is 0 Å². The number of hydrogen-bond acceptors (Lipinski definition) is 2. The zero-order valence-electron chi connectivity index (χ0n) is 13.6. The second-order valence-corrected chi connectivity index (χ2v) is 4.69. The van der Waals surface area contributed by atoms with E-state index in [1.54, 1.807) is 12.5 Å². The first-order chi connectivity index (χ1) is 10.8. The van der Waals surface area contributed by atoms with E-state index in [4.69, 9.17) is 4.42 Å². The van der Waals surface area contributed by atoms with Crippen molar-refractivity contribution in [1.29, 1.82) is 0 Å². The van der Waals surface area contributed by atoms with Gasteiger partial charge in [0.2, 0.25) is 0 Å². The third-order valence-corrected chi connectivity index (χ3v) is 2.91. The summed E-state index contributed by atoms with van der Waals surface area (Å²) in [6, 6.07) is 12.2. The van der Waals surface area contributed by atoms with Crippen LogP contribution in [-0.2, 0) is 0 Å². The molecular formula is C20H25NO. The van der Waals surface area contributed by atoms with Crippen molar-refractivity contribution in [2.24, 2.45) is 4.99 Å². The second kappa shape index (κ2) is 11.3. The molecule has 0 radical (unpaired) electrons. The summed E-state index contributed by atoms with van der Waals surface area (Å²) in [6.07, 6.45) is 14.6. The summed E-state index contributed by atoms with van der Waals surface area (Å²) in [5, 5.41) is 0. The largest absolute Gasteiger partial charge is 0.472 e. The molecule has 0 aliphatic heterocycles. The van der Waals surface area contributed by atoms with Crippen LogP contribution in [0.3, 0.4) is 0 Å². The predicted molar refractivity (Wildman–Crippen MR) is 95.4 cm³/mol. The Morgan fingerprint density at radius 1 is 1.09 bits per heavy atom. The topological polar surface area (TPSA) is 25.5 Å². The molecule has 22 heavy (non-hydrogen) atoms. The van der Waals surface area contributed by atoms with Crippen molar-refractivity contribution in [2.45, 2.75) is 33.2 Å². The fourth-order valence-electron chi connectivity index (χ4n) is 1.83. The van der Waals surface area contributed by atoms with Gasteiger partial charge in [-0.15, -0.1) is 0 Å². The molecule has 0 aliphatic carbocycles. The highest BCUT2D eigenvalue weighted by atomic mass is 16.3. The lowest BCUT2D eigenvalue weighted by atomic mass is 10.1. The summed E-state index contributed by atoms with van der Waals surface area (Å²) in [5.41, 5.74) is 2.17. The fourth-order valence-corrected chi connectivity index (χ4v) is 1.83. The van der Waals surface area contributed by atoms with Gasteiger partial charge >= 0.3 is 0 Å². The summed E-state index contributed by atoms with van der Waals surface area (Å²) in [5.74, 6) is 0. The molecule has 0 aliphatic rings. The summed E-state index contributed by atoms with van der Waals surface area (Å²) < 4.78 is 5.00. The molecule has 0 amide bonds. The minimum atomic E-state index is 0.0658. The molecule has 1 heterocycles. The number of rotatable bonds is 5. The molecule has 0 fully saturated rings. The third kappa shape index (κ3) is 6.89. The number of nitrogens with zero attached hydrogens (tertiary/aromatic N) is 1. The number of furan rings is 1. The molecule has 2 aromatic rings. The molecule has 0 saturated heterocycles. The molecule has 1 aromatic heterocycles. The molecule has 116 valence electrons. The average molecular weight is 295 g/mol. The standard InChI is InChI=1S/C15H15NO.C5H10/c1-2-6-15(14-7-4-3-5-8-14)16-11-13-9-10-17-12-13;1-3-5-4-2/h2-12,15H,1H3;3,5H,4H2,1-2H3/b6-2+,16-11?;5-3-. The number of hydrogen-bond donors (Lipinski definition) is 0. The number of aliphatic imine (C=N–C) groups is 1. The molecule has 0 spiro atoms. The minimum absolute atomic E-state index is 0.0658. The Morgan fingerprint density at radius 2 is 1.86 bits per heavy atom. The SMILES string of the molecule is C/C=C/C(N=Cc1ccoc1)c1ccccc1.C/C=C\CC. The van der Waals surface area contributed by atoms with Gasteiger partial charge in [0, 0.05) is 11.8 Å². The van der Waals surface area contributed by atoms with Crippen molar-refractivity contribution in [3.8, 4) is 0 Å². The zero-order valence-corrected chi connectivity index (χ0v) is 13.6. The van der Waals surface area contributed by atoms with Crippen LogP contribution in [0, 0.1) is 0 Å². The van der Waals surface area contributed by atoms with E-state index in [0.717, 1.165) is 12.0 Å². The van der Waals surface area contributed by atoms with E-state index < -0.39 is 0 Å². The van der Waals surface area contributed by atoms with Crippen molar-refractivity contribution in [1.82, 2.24) is 0 Å². The van der Waals surface area contributed by atoms with E-state index in [9.17, 15) is 0 Å². The monoisotopic (exact) mass is 295 g/mol. The third-order valence-electron chi connectivity index (χ3n) is 2.91. The highest BCUT2D eigenvalue weighted by Crippen LogP contribution is 2.18. The van der Waals surface area contributed by atoms with E-state index in [2.05, 4.69) is 42.3 Å². The second-order valence-electron chi connectivity index (χ2n) is 4.69. The molecule has 0 bridgehead atoms. The summed E-state index contributed by atoms with van der Waals surface area (Å²) in [6.45, 7) is 6.16. The van der Waals surface area contributed by atoms with Crippen LogP contribution in [-0.4, -0.2) is 6.21 Å². The van der Waals surface area contributed by atoms with E-state index >= 15 is 0 Å². The normalized spacial score (nSPS) is 12.7. The van der Waals surface area contributed by atoms with Crippen LogP contribution in [0.2, 0.25) is 0 Å². The van der Waals surface area contributed by atoms with Gasteiger partial charge in [-0.2, -0.15) is 0 Å². The van der Waals surface area contributed by atoms with Crippen LogP contribution in [0.25, 0.3) is 0 Å².